The zero-order valence-corrected chi connectivity index (χ0v) is 13.2. The Morgan fingerprint density at radius 3 is 1.36 bits per heavy atom. The molecule has 2 radical (unpaired) electrons. The minimum atomic E-state index is 0. The Balaban J connectivity index is 0.000000845. The van der Waals surface area contributed by atoms with Crippen LogP contribution in [0.1, 0.15) is 0 Å². The van der Waals surface area contributed by atoms with Crippen molar-refractivity contribution in [2.45, 2.75) is 0 Å². The van der Waals surface area contributed by atoms with Gasteiger partial charge in [-0.15, -0.1) is 0 Å². The summed E-state index contributed by atoms with van der Waals surface area (Å²) < 4.78 is 0. The average Bonchev–Trinajstić information content (AvgIpc) is 2.12. The minimum Gasteiger partial charge on any atom is -0.507 e. The fourth-order valence-corrected chi connectivity index (χ4v) is 1.27. The summed E-state index contributed by atoms with van der Waals surface area (Å²) in [5, 5.41) is 20.1. The molecule has 66 valence electrons. The van der Waals surface area contributed by atoms with Crippen LogP contribution >= 0.6 is 0 Å². The number of hydrogen-bond donors (Lipinski definition) is 2. The van der Waals surface area contributed by atoms with Gasteiger partial charge in [0.05, 0.1) is 0 Å². The molecule has 0 aliphatic carbocycles. The van der Waals surface area contributed by atoms with Gasteiger partial charge >= 0.3 is 0 Å². The molecule has 2 nitrogen and oxygen atoms in total. The van der Waals surface area contributed by atoms with E-state index >= 15 is 0 Å². The van der Waals surface area contributed by atoms with Crippen molar-refractivity contribution in [1.29, 1.82) is 0 Å². The van der Waals surface area contributed by atoms with Gasteiger partial charge in [-0.1, -0.05) is 24.3 Å². The third-order valence-electron chi connectivity index (χ3n) is 1.88. The zero-order valence-electron chi connectivity index (χ0n) is 7.51. The molecule has 0 spiro atoms. The van der Waals surface area contributed by atoms with Gasteiger partial charge in [-0.05, 0) is 12.1 Å². The normalized spacial score (nSPS) is 8.86. The molecule has 0 heterocycles. The predicted octanol–water partition coefficient (Wildman–Crippen LogP) is 2.25. The standard InChI is InChI=1S/C10H8O2.2Y/c11-9-5-6-10(12)8-4-2-1-3-7(8)9;;/h1-6,11-12H;;. The van der Waals surface area contributed by atoms with Gasteiger partial charge in [0.1, 0.15) is 11.5 Å². The number of phenolic OH excluding ortho intramolecular Hbond substituents is 2. The second-order valence-electron chi connectivity index (χ2n) is 2.65. The molecule has 0 bridgehead atoms. The van der Waals surface area contributed by atoms with Crippen LogP contribution in [0.5, 0.6) is 11.5 Å². The third kappa shape index (κ3) is 2.76. The fraction of sp³-hybridized carbons (Fsp3) is 0. The number of phenols is 2. The summed E-state index contributed by atoms with van der Waals surface area (Å²) in [6, 6.07) is 10.1. The Morgan fingerprint density at radius 2 is 1.00 bits per heavy atom. The summed E-state index contributed by atoms with van der Waals surface area (Å²) in [4.78, 5) is 0. The Bertz CT molecular complexity index is 389. The van der Waals surface area contributed by atoms with Crippen LogP contribution in [0, 0.1) is 0 Å². The quantitative estimate of drug-likeness (QED) is 0.724. The molecule has 0 atom stereocenters. The van der Waals surface area contributed by atoms with E-state index in [1.165, 1.54) is 12.1 Å². The van der Waals surface area contributed by atoms with E-state index in [2.05, 4.69) is 0 Å². The molecule has 0 saturated heterocycles. The van der Waals surface area contributed by atoms with Crippen molar-refractivity contribution in [2.24, 2.45) is 0 Å². The van der Waals surface area contributed by atoms with Gasteiger partial charge in [-0.3, -0.25) is 0 Å². The molecule has 0 aliphatic rings. The molecular formula is C10H8O2Y2. The van der Waals surface area contributed by atoms with Crippen LogP contribution in [0.3, 0.4) is 0 Å². The van der Waals surface area contributed by atoms with Crippen LogP contribution in [0.25, 0.3) is 10.8 Å². The van der Waals surface area contributed by atoms with E-state index in [4.69, 9.17) is 0 Å². The number of rotatable bonds is 0. The minimum absolute atomic E-state index is 0. The maximum atomic E-state index is 9.38. The first-order valence-corrected chi connectivity index (χ1v) is 3.69. The van der Waals surface area contributed by atoms with Crippen molar-refractivity contribution in [1.82, 2.24) is 0 Å². The molecular weight excluding hydrogens is 330 g/mol. The first kappa shape index (κ1) is 14.5. The van der Waals surface area contributed by atoms with Crippen LogP contribution in [0.15, 0.2) is 36.4 Å². The summed E-state index contributed by atoms with van der Waals surface area (Å²) in [5.41, 5.74) is 0. The van der Waals surface area contributed by atoms with Gasteiger partial charge in [-0.25, -0.2) is 0 Å². The second kappa shape index (κ2) is 6.17. The Labute approximate surface area is 132 Å². The maximum Gasteiger partial charge on any atom is 0.123 e. The van der Waals surface area contributed by atoms with E-state index in [1.54, 1.807) is 12.1 Å². The Kier molecular flexibility index (Phi) is 6.39. The third-order valence-corrected chi connectivity index (χ3v) is 1.88. The maximum absolute atomic E-state index is 9.38. The van der Waals surface area contributed by atoms with Gasteiger partial charge < -0.3 is 10.2 Å². The monoisotopic (exact) mass is 338 g/mol. The molecule has 0 aliphatic heterocycles. The van der Waals surface area contributed by atoms with E-state index in [0.29, 0.717) is 10.8 Å². The summed E-state index contributed by atoms with van der Waals surface area (Å²) >= 11 is 0. The van der Waals surface area contributed by atoms with Crippen LogP contribution < -0.4 is 0 Å². The van der Waals surface area contributed by atoms with Crippen molar-refractivity contribution in [2.75, 3.05) is 0 Å². The molecule has 2 N–H and O–H groups in total. The molecule has 14 heavy (non-hydrogen) atoms. The first-order valence-electron chi connectivity index (χ1n) is 3.69. The molecule has 0 aromatic heterocycles. The van der Waals surface area contributed by atoms with Crippen molar-refractivity contribution in [3.63, 3.8) is 0 Å². The van der Waals surface area contributed by atoms with Crippen molar-refractivity contribution >= 4 is 10.8 Å². The van der Waals surface area contributed by atoms with Gasteiger partial charge in [0.25, 0.3) is 0 Å². The van der Waals surface area contributed by atoms with E-state index in [-0.39, 0.29) is 76.9 Å². The average molecular weight is 338 g/mol. The van der Waals surface area contributed by atoms with Crippen molar-refractivity contribution in [3.05, 3.63) is 36.4 Å². The predicted molar refractivity (Wildman–Crippen MR) is 47.3 cm³/mol. The molecule has 4 heteroatoms. The summed E-state index contributed by atoms with van der Waals surface area (Å²) in [7, 11) is 0. The summed E-state index contributed by atoms with van der Waals surface area (Å²) in [6.45, 7) is 0. The van der Waals surface area contributed by atoms with E-state index in [1.807, 2.05) is 12.1 Å². The van der Waals surface area contributed by atoms with Crippen molar-refractivity contribution in [3.8, 4) is 11.5 Å². The molecule has 2 aromatic carbocycles. The van der Waals surface area contributed by atoms with E-state index < -0.39 is 0 Å². The smallest absolute Gasteiger partial charge is 0.123 e. The van der Waals surface area contributed by atoms with Crippen LogP contribution in [-0.2, 0) is 65.4 Å². The number of aromatic hydroxyl groups is 2. The van der Waals surface area contributed by atoms with Crippen LogP contribution in [-0.4, -0.2) is 10.2 Å². The molecule has 0 fully saturated rings. The molecule has 0 unspecified atom stereocenters. The topological polar surface area (TPSA) is 40.5 Å². The molecule has 0 amide bonds. The van der Waals surface area contributed by atoms with Crippen LogP contribution in [0.4, 0.5) is 0 Å². The number of hydrogen-bond acceptors (Lipinski definition) is 2. The SMILES string of the molecule is Oc1ccc(O)c2ccccc12.[Y].[Y]. The van der Waals surface area contributed by atoms with Gasteiger partial charge in [0.2, 0.25) is 0 Å². The van der Waals surface area contributed by atoms with Gasteiger partial charge in [0.15, 0.2) is 0 Å². The van der Waals surface area contributed by atoms with Crippen molar-refractivity contribution < 1.29 is 75.6 Å². The summed E-state index contributed by atoms with van der Waals surface area (Å²) in [5.74, 6) is 0.395. The summed E-state index contributed by atoms with van der Waals surface area (Å²) in [6.07, 6.45) is 0. The largest absolute Gasteiger partial charge is 0.507 e. The van der Waals surface area contributed by atoms with E-state index in [9.17, 15) is 10.2 Å². The zero-order chi connectivity index (χ0) is 8.55. The van der Waals surface area contributed by atoms with E-state index in [0.717, 1.165) is 0 Å². The number of fused-ring (bicyclic) bond motifs is 1. The molecule has 2 aromatic rings. The Hall–Kier alpha value is 0.508. The number of benzene rings is 2. The second-order valence-corrected chi connectivity index (χ2v) is 2.65. The Morgan fingerprint density at radius 1 is 0.643 bits per heavy atom. The first-order chi connectivity index (χ1) is 5.79. The van der Waals surface area contributed by atoms with Crippen LogP contribution in [0.2, 0.25) is 0 Å². The fourth-order valence-electron chi connectivity index (χ4n) is 1.27. The molecule has 2 rings (SSSR count). The van der Waals surface area contributed by atoms with Gasteiger partial charge in [0, 0.05) is 76.2 Å². The van der Waals surface area contributed by atoms with Gasteiger partial charge in [-0.2, -0.15) is 0 Å². The molecule has 0 saturated carbocycles.